The van der Waals surface area contributed by atoms with E-state index in [0.717, 1.165) is 12.8 Å². The number of amides is 3. The summed E-state index contributed by atoms with van der Waals surface area (Å²) >= 11 is 0. The van der Waals surface area contributed by atoms with E-state index in [1.807, 2.05) is 0 Å². The molecule has 19 heavy (non-hydrogen) atoms. The molecule has 1 heterocycles. The molecule has 2 fully saturated rings. The highest BCUT2D eigenvalue weighted by Gasteiger charge is 2.31. The van der Waals surface area contributed by atoms with Crippen LogP contribution in [0.5, 0.6) is 0 Å². The van der Waals surface area contributed by atoms with E-state index in [4.69, 9.17) is 9.84 Å². The highest BCUT2D eigenvalue weighted by atomic mass is 16.5. The van der Waals surface area contributed by atoms with E-state index in [2.05, 4.69) is 10.6 Å². The molecule has 0 aromatic heterocycles. The number of carboxylic acid groups (broad SMARTS) is 1. The normalized spacial score (nSPS) is 23.7. The quantitative estimate of drug-likeness (QED) is 0.590. The third-order valence-corrected chi connectivity index (χ3v) is 3.04. The van der Waals surface area contributed by atoms with Crippen LogP contribution in [0.3, 0.4) is 0 Å². The summed E-state index contributed by atoms with van der Waals surface area (Å²) in [6, 6.07) is -1.19. The van der Waals surface area contributed by atoms with Crippen molar-refractivity contribution in [2.45, 2.75) is 24.9 Å². The topological polar surface area (TPSA) is 108 Å². The Bertz CT molecular complexity index is 383. The van der Waals surface area contributed by atoms with Gasteiger partial charge in [0.15, 0.2) is 0 Å². The van der Waals surface area contributed by atoms with Gasteiger partial charge < -0.3 is 15.2 Å². The predicted octanol–water partition coefficient (Wildman–Crippen LogP) is -1.24. The minimum absolute atomic E-state index is 0.0525. The molecule has 2 rings (SSSR count). The number of nitrogens with zero attached hydrogens (tertiary/aromatic N) is 1. The van der Waals surface area contributed by atoms with Gasteiger partial charge in [-0.25, -0.2) is 4.79 Å². The van der Waals surface area contributed by atoms with Crippen molar-refractivity contribution < 1.29 is 24.2 Å². The second-order valence-corrected chi connectivity index (χ2v) is 4.70. The number of hydrogen-bond donors (Lipinski definition) is 3. The summed E-state index contributed by atoms with van der Waals surface area (Å²) in [4.78, 5) is 35.5. The van der Waals surface area contributed by atoms with Crippen LogP contribution in [0, 0.1) is 0 Å². The van der Waals surface area contributed by atoms with Gasteiger partial charge in [0.25, 0.3) is 0 Å². The van der Waals surface area contributed by atoms with Gasteiger partial charge in [-0.3, -0.25) is 19.8 Å². The molecule has 0 bridgehead atoms. The molecule has 1 atom stereocenters. The molecular formula is C11H17N3O5. The Morgan fingerprint density at radius 1 is 1.32 bits per heavy atom. The number of aliphatic carboxylic acids is 1. The lowest BCUT2D eigenvalue weighted by Crippen LogP contribution is -2.54. The Morgan fingerprint density at radius 3 is 2.68 bits per heavy atom. The molecule has 1 saturated heterocycles. The predicted molar refractivity (Wildman–Crippen MR) is 63.5 cm³/mol. The summed E-state index contributed by atoms with van der Waals surface area (Å²) in [5, 5.41) is 13.8. The second kappa shape index (κ2) is 5.98. The van der Waals surface area contributed by atoms with Crippen LogP contribution in [0.2, 0.25) is 0 Å². The molecule has 3 amide bonds. The SMILES string of the molecule is O=C(CN1CCOCC1C(=O)O)NC(=O)NC1CC1. The van der Waals surface area contributed by atoms with Crippen molar-refractivity contribution in [2.75, 3.05) is 26.3 Å². The minimum atomic E-state index is -1.03. The van der Waals surface area contributed by atoms with E-state index in [1.165, 1.54) is 4.90 Å². The molecule has 8 nitrogen and oxygen atoms in total. The Kier molecular flexibility index (Phi) is 4.33. The second-order valence-electron chi connectivity index (χ2n) is 4.70. The number of ether oxygens (including phenoxy) is 1. The lowest BCUT2D eigenvalue weighted by molar-refractivity contribution is -0.150. The van der Waals surface area contributed by atoms with Gasteiger partial charge in [-0.05, 0) is 12.8 Å². The van der Waals surface area contributed by atoms with Gasteiger partial charge in [0.2, 0.25) is 5.91 Å². The smallest absolute Gasteiger partial charge is 0.323 e. The largest absolute Gasteiger partial charge is 0.480 e. The summed E-state index contributed by atoms with van der Waals surface area (Å²) < 4.78 is 5.06. The van der Waals surface area contributed by atoms with Gasteiger partial charge in [0.1, 0.15) is 6.04 Å². The number of rotatable bonds is 4. The maximum absolute atomic E-state index is 11.6. The number of morpholine rings is 1. The number of carbonyl (C=O) groups is 3. The van der Waals surface area contributed by atoms with E-state index in [9.17, 15) is 14.4 Å². The molecule has 3 N–H and O–H groups in total. The lowest BCUT2D eigenvalue weighted by atomic mass is 10.2. The van der Waals surface area contributed by atoms with Crippen LogP contribution in [0.25, 0.3) is 0 Å². The standard InChI is InChI=1S/C11H17N3O5/c15-9(13-11(18)12-7-1-2-7)5-14-3-4-19-6-8(14)10(16)17/h7-8H,1-6H2,(H,16,17)(H2,12,13,15,18). The summed E-state index contributed by atoms with van der Waals surface area (Å²) in [5.41, 5.74) is 0. The third kappa shape index (κ3) is 4.18. The molecule has 1 unspecified atom stereocenters. The number of imide groups is 1. The minimum Gasteiger partial charge on any atom is -0.480 e. The van der Waals surface area contributed by atoms with Crippen LogP contribution in [-0.4, -0.2) is 66.3 Å². The Morgan fingerprint density at radius 2 is 2.05 bits per heavy atom. The first-order valence-electron chi connectivity index (χ1n) is 6.21. The number of hydrogen-bond acceptors (Lipinski definition) is 5. The van der Waals surface area contributed by atoms with Gasteiger partial charge in [-0.2, -0.15) is 0 Å². The zero-order chi connectivity index (χ0) is 13.8. The maximum Gasteiger partial charge on any atom is 0.323 e. The van der Waals surface area contributed by atoms with Crippen molar-refractivity contribution >= 4 is 17.9 Å². The summed E-state index contributed by atoms with van der Waals surface area (Å²) in [7, 11) is 0. The number of urea groups is 1. The Hall–Kier alpha value is -1.67. The first-order valence-corrected chi connectivity index (χ1v) is 6.21. The molecule has 1 aliphatic heterocycles. The maximum atomic E-state index is 11.6. The third-order valence-electron chi connectivity index (χ3n) is 3.04. The van der Waals surface area contributed by atoms with Crippen molar-refractivity contribution in [3.63, 3.8) is 0 Å². The van der Waals surface area contributed by atoms with Gasteiger partial charge in [-0.15, -0.1) is 0 Å². The van der Waals surface area contributed by atoms with Crippen molar-refractivity contribution in [1.82, 2.24) is 15.5 Å². The highest BCUT2D eigenvalue weighted by molar-refractivity contribution is 5.95. The number of carbonyl (C=O) groups excluding carboxylic acids is 2. The van der Waals surface area contributed by atoms with Gasteiger partial charge >= 0.3 is 12.0 Å². The zero-order valence-corrected chi connectivity index (χ0v) is 10.4. The molecule has 1 saturated carbocycles. The van der Waals surface area contributed by atoms with Gasteiger partial charge in [0, 0.05) is 12.6 Å². The van der Waals surface area contributed by atoms with Crippen molar-refractivity contribution in [3.05, 3.63) is 0 Å². The first kappa shape index (κ1) is 13.8. The first-order chi connectivity index (χ1) is 9.06. The number of nitrogens with one attached hydrogen (secondary N) is 2. The lowest BCUT2D eigenvalue weighted by Gasteiger charge is -2.31. The molecule has 2 aliphatic rings. The van der Waals surface area contributed by atoms with Crippen molar-refractivity contribution in [2.24, 2.45) is 0 Å². The van der Waals surface area contributed by atoms with E-state index >= 15 is 0 Å². The van der Waals surface area contributed by atoms with Crippen LogP contribution >= 0.6 is 0 Å². The summed E-state index contributed by atoms with van der Waals surface area (Å²) in [6.45, 7) is 0.662. The molecule has 8 heteroatoms. The van der Waals surface area contributed by atoms with Crippen LogP contribution in [0.1, 0.15) is 12.8 Å². The molecule has 0 spiro atoms. The Labute approximate surface area is 110 Å². The number of carboxylic acids is 1. The molecule has 1 aliphatic carbocycles. The van der Waals surface area contributed by atoms with Crippen LogP contribution in [-0.2, 0) is 14.3 Å². The average molecular weight is 271 g/mol. The molecule has 0 aromatic carbocycles. The molecule has 106 valence electrons. The van der Waals surface area contributed by atoms with E-state index in [-0.39, 0.29) is 19.2 Å². The van der Waals surface area contributed by atoms with E-state index < -0.39 is 23.9 Å². The molecule has 0 aromatic rings. The summed E-state index contributed by atoms with van der Waals surface area (Å²) in [5.74, 6) is -1.54. The zero-order valence-electron chi connectivity index (χ0n) is 10.4. The van der Waals surface area contributed by atoms with Gasteiger partial charge in [-0.1, -0.05) is 0 Å². The monoisotopic (exact) mass is 271 g/mol. The van der Waals surface area contributed by atoms with E-state index in [1.54, 1.807) is 0 Å². The molecular weight excluding hydrogens is 254 g/mol. The van der Waals surface area contributed by atoms with Crippen LogP contribution in [0.4, 0.5) is 4.79 Å². The van der Waals surface area contributed by atoms with Crippen molar-refractivity contribution in [3.8, 4) is 0 Å². The average Bonchev–Trinajstić information content (AvgIpc) is 3.12. The fraction of sp³-hybridized carbons (Fsp3) is 0.727. The molecule has 0 radical (unpaired) electrons. The summed E-state index contributed by atoms with van der Waals surface area (Å²) in [6.07, 6.45) is 1.87. The fourth-order valence-electron chi connectivity index (χ4n) is 1.85. The van der Waals surface area contributed by atoms with Crippen molar-refractivity contribution in [1.29, 1.82) is 0 Å². The van der Waals surface area contributed by atoms with E-state index in [0.29, 0.717) is 13.2 Å². The fourth-order valence-corrected chi connectivity index (χ4v) is 1.85. The Balaban J connectivity index is 1.78. The highest BCUT2D eigenvalue weighted by Crippen LogP contribution is 2.18. The van der Waals surface area contributed by atoms with Crippen LogP contribution in [0.15, 0.2) is 0 Å². The van der Waals surface area contributed by atoms with Gasteiger partial charge in [0.05, 0.1) is 19.8 Å². The van der Waals surface area contributed by atoms with Crippen LogP contribution < -0.4 is 10.6 Å².